The van der Waals surface area contributed by atoms with Crippen LogP contribution < -0.4 is 11.5 Å². The van der Waals surface area contributed by atoms with Gasteiger partial charge in [0, 0.05) is 19.1 Å². The van der Waals surface area contributed by atoms with Crippen LogP contribution in [0.3, 0.4) is 0 Å². The molecule has 88 valence electrons. The van der Waals surface area contributed by atoms with Crippen molar-refractivity contribution in [3.8, 4) is 0 Å². The smallest absolute Gasteiger partial charge is 0.242 e. The van der Waals surface area contributed by atoms with Gasteiger partial charge in [0.1, 0.15) is 0 Å². The Morgan fingerprint density at radius 3 is 2.80 bits per heavy atom. The second-order valence-corrected chi connectivity index (χ2v) is 4.82. The fraction of sp³-hybridized carbons (Fsp3) is 0.909. The molecular formula is C11H23N3O. The van der Waals surface area contributed by atoms with Gasteiger partial charge in [0.25, 0.3) is 0 Å². The molecule has 1 amide bonds. The highest BCUT2D eigenvalue weighted by Gasteiger charge is 2.33. The van der Waals surface area contributed by atoms with Gasteiger partial charge in [-0.25, -0.2) is 0 Å². The van der Waals surface area contributed by atoms with Crippen LogP contribution in [0.5, 0.6) is 0 Å². The largest absolute Gasteiger partial charge is 0.340 e. The van der Waals surface area contributed by atoms with Crippen LogP contribution in [0.1, 0.15) is 39.5 Å². The molecule has 15 heavy (non-hydrogen) atoms. The highest BCUT2D eigenvalue weighted by molar-refractivity contribution is 5.85. The highest BCUT2D eigenvalue weighted by Crippen LogP contribution is 2.16. The van der Waals surface area contributed by atoms with Crippen molar-refractivity contribution in [2.75, 3.05) is 13.1 Å². The third-order valence-electron chi connectivity index (χ3n) is 3.00. The quantitative estimate of drug-likeness (QED) is 0.715. The first-order valence-electron chi connectivity index (χ1n) is 5.81. The van der Waals surface area contributed by atoms with Crippen molar-refractivity contribution in [2.24, 2.45) is 11.5 Å². The minimum atomic E-state index is -0.716. The summed E-state index contributed by atoms with van der Waals surface area (Å²) in [5, 5.41) is 0. The molecule has 1 saturated heterocycles. The van der Waals surface area contributed by atoms with Crippen LogP contribution in [0.2, 0.25) is 0 Å². The standard InChI is InChI=1S/C11H23N3O/c1-3-6-11(2,13)10(15)14-7-4-5-9(12)8-14/h9H,3-8,12-13H2,1-2H3/t9-,11?/m1/s1. The van der Waals surface area contributed by atoms with Gasteiger partial charge in [-0.15, -0.1) is 0 Å². The van der Waals surface area contributed by atoms with Crippen molar-refractivity contribution < 1.29 is 4.79 Å². The lowest BCUT2D eigenvalue weighted by Crippen LogP contribution is -2.57. The maximum Gasteiger partial charge on any atom is 0.242 e. The first kappa shape index (κ1) is 12.5. The van der Waals surface area contributed by atoms with Crippen molar-refractivity contribution in [1.29, 1.82) is 0 Å². The van der Waals surface area contributed by atoms with E-state index in [4.69, 9.17) is 11.5 Å². The lowest BCUT2D eigenvalue weighted by Gasteiger charge is -2.36. The second kappa shape index (κ2) is 4.94. The van der Waals surface area contributed by atoms with Crippen molar-refractivity contribution >= 4 is 5.91 Å². The predicted octanol–water partition coefficient (Wildman–Crippen LogP) is 0.454. The summed E-state index contributed by atoms with van der Waals surface area (Å²) in [5.41, 5.74) is 11.1. The molecule has 4 nitrogen and oxygen atoms in total. The summed E-state index contributed by atoms with van der Waals surface area (Å²) < 4.78 is 0. The number of amides is 1. The Hall–Kier alpha value is -0.610. The van der Waals surface area contributed by atoms with Crippen molar-refractivity contribution in [2.45, 2.75) is 51.1 Å². The minimum absolute atomic E-state index is 0.0551. The second-order valence-electron chi connectivity index (χ2n) is 4.82. The fourth-order valence-electron chi connectivity index (χ4n) is 2.18. The normalized spacial score (nSPS) is 26.1. The molecule has 1 aliphatic rings. The van der Waals surface area contributed by atoms with Gasteiger partial charge in [-0.1, -0.05) is 13.3 Å². The zero-order chi connectivity index (χ0) is 11.5. The summed E-state index contributed by atoms with van der Waals surface area (Å²) >= 11 is 0. The van der Waals surface area contributed by atoms with E-state index in [0.29, 0.717) is 6.54 Å². The van der Waals surface area contributed by atoms with Gasteiger partial charge in [0.05, 0.1) is 5.54 Å². The van der Waals surface area contributed by atoms with Crippen LogP contribution in [-0.2, 0) is 4.79 Å². The Labute approximate surface area is 92.0 Å². The van der Waals surface area contributed by atoms with Crippen LogP contribution in [0.4, 0.5) is 0 Å². The van der Waals surface area contributed by atoms with E-state index in [-0.39, 0.29) is 11.9 Å². The van der Waals surface area contributed by atoms with Gasteiger partial charge in [-0.2, -0.15) is 0 Å². The number of carbonyl (C=O) groups is 1. The lowest BCUT2D eigenvalue weighted by atomic mass is 9.94. The molecule has 0 aliphatic carbocycles. The Kier molecular flexibility index (Phi) is 4.11. The molecule has 0 aromatic rings. The SMILES string of the molecule is CCCC(C)(N)C(=O)N1CCC[C@@H](N)C1. The average molecular weight is 213 g/mol. The third kappa shape index (κ3) is 3.18. The summed E-state index contributed by atoms with van der Waals surface area (Å²) in [5.74, 6) is 0.0551. The molecule has 1 fully saturated rings. The van der Waals surface area contributed by atoms with Gasteiger partial charge in [-0.05, 0) is 26.2 Å². The summed E-state index contributed by atoms with van der Waals surface area (Å²) in [4.78, 5) is 13.9. The Morgan fingerprint density at radius 2 is 2.27 bits per heavy atom. The van der Waals surface area contributed by atoms with Crippen molar-refractivity contribution in [3.63, 3.8) is 0 Å². The van der Waals surface area contributed by atoms with E-state index >= 15 is 0 Å². The van der Waals surface area contributed by atoms with E-state index < -0.39 is 5.54 Å². The zero-order valence-corrected chi connectivity index (χ0v) is 9.83. The summed E-state index contributed by atoms with van der Waals surface area (Å²) in [6.45, 7) is 5.33. The van der Waals surface area contributed by atoms with Crippen molar-refractivity contribution in [1.82, 2.24) is 4.90 Å². The first-order chi connectivity index (χ1) is 6.97. The molecule has 1 rings (SSSR count). The molecule has 0 radical (unpaired) electrons. The number of hydrogen-bond donors (Lipinski definition) is 2. The van der Waals surface area contributed by atoms with E-state index in [1.807, 2.05) is 18.7 Å². The predicted molar refractivity (Wildman–Crippen MR) is 61.3 cm³/mol. The maximum atomic E-state index is 12.1. The number of piperidine rings is 1. The molecular weight excluding hydrogens is 190 g/mol. The molecule has 0 bridgehead atoms. The van der Waals surface area contributed by atoms with E-state index in [0.717, 1.165) is 32.2 Å². The summed E-state index contributed by atoms with van der Waals surface area (Å²) in [6, 6.07) is 0.125. The van der Waals surface area contributed by atoms with Gasteiger partial charge in [0.15, 0.2) is 0 Å². The monoisotopic (exact) mass is 213 g/mol. The number of nitrogens with two attached hydrogens (primary N) is 2. The number of likely N-dealkylation sites (tertiary alicyclic amines) is 1. The van der Waals surface area contributed by atoms with E-state index in [2.05, 4.69) is 0 Å². The number of carbonyl (C=O) groups excluding carboxylic acids is 1. The number of nitrogens with zero attached hydrogens (tertiary/aromatic N) is 1. The Balaban J connectivity index is 2.58. The van der Waals surface area contributed by atoms with E-state index in [1.54, 1.807) is 0 Å². The van der Waals surface area contributed by atoms with Crippen LogP contribution in [0.25, 0.3) is 0 Å². The van der Waals surface area contributed by atoms with Gasteiger partial charge >= 0.3 is 0 Å². The number of rotatable bonds is 3. The molecule has 4 heteroatoms. The maximum absolute atomic E-state index is 12.1. The van der Waals surface area contributed by atoms with E-state index in [1.165, 1.54) is 0 Å². The lowest BCUT2D eigenvalue weighted by molar-refractivity contribution is -0.137. The molecule has 1 unspecified atom stereocenters. The summed E-state index contributed by atoms with van der Waals surface area (Å²) in [7, 11) is 0. The third-order valence-corrected chi connectivity index (χ3v) is 3.00. The van der Waals surface area contributed by atoms with Crippen LogP contribution in [0.15, 0.2) is 0 Å². The average Bonchev–Trinajstić information content (AvgIpc) is 2.16. The Bertz CT molecular complexity index is 228. The molecule has 0 saturated carbocycles. The number of hydrogen-bond acceptors (Lipinski definition) is 3. The minimum Gasteiger partial charge on any atom is -0.340 e. The van der Waals surface area contributed by atoms with Crippen LogP contribution in [-0.4, -0.2) is 35.5 Å². The first-order valence-corrected chi connectivity index (χ1v) is 5.81. The molecule has 1 heterocycles. The zero-order valence-electron chi connectivity index (χ0n) is 9.83. The van der Waals surface area contributed by atoms with Gasteiger partial charge in [-0.3, -0.25) is 4.79 Å². The van der Waals surface area contributed by atoms with Crippen molar-refractivity contribution in [3.05, 3.63) is 0 Å². The molecule has 0 spiro atoms. The molecule has 2 atom stereocenters. The molecule has 0 aromatic carbocycles. The summed E-state index contributed by atoms with van der Waals surface area (Å²) in [6.07, 6.45) is 3.67. The van der Waals surface area contributed by atoms with E-state index in [9.17, 15) is 4.79 Å². The molecule has 4 N–H and O–H groups in total. The Morgan fingerprint density at radius 1 is 1.60 bits per heavy atom. The topological polar surface area (TPSA) is 72.4 Å². The van der Waals surface area contributed by atoms with Gasteiger partial charge < -0.3 is 16.4 Å². The highest BCUT2D eigenvalue weighted by atomic mass is 16.2. The molecule has 0 aromatic heterocycles. The van der Waals surface area contributed by atoms with Gasteiger partial charge in [0.2, 0.25) is 5.91 Å². The van der Waals surface area contributed by atoms with Crippen LogP contribution >= 0.6 is 0 Å². The van der Waals surface area contributed by atoms with Crippen LogP contribution in [0, 0.1) is 0 Å². The fourth-order valence-corrected chi connectivity index (χ4v) is 2.18. The molecule has 1 aliphatic heterocycles.